The van der Waals surface area contributed by atoms with Crippen molar-refractivity contribution in [1.29, 1.82) is 0 Å². The third kappa shape index (κ3) is 4.98. The second-order valence-corrected chi connectivity index (χ2v) is 8.76. The number of hydrogen-bond acceptors (Lipinski definition) is 4. The zero-order valence-electron chi connectivity index (χ0n) is 17.7. The zero-order chi connectivity index (χ0) is 20.2. The number of amides is 2. The van der Waals surface area contributed by atoms with E-state index in [1.54, 1.807) is 0 Å². The van der Waals surface area contributed by atoms with Crippen LogP contribution in [0.15, 0.2) is 24.3 Å². The Balaban J connectivity index is 1.18. The Kier molecular flexibility index (Phi) is 6.50. The van der Waals surface area contributed by atoms with Crippen LogP contribution in [0.2, 0.25) is 0 Å². The minimum atomic E-state index is 0.192. The van der Waals surface area contributed by atoms with Crippen molar-refractivity contribution < 1.29 is 9.59 Å². The Labute approximate surface area is 174 Å². The number of benzene rings is 1. The maximum absolute atomic E-state index is 12.7. The summed E-state index contributed by atoms with van der Waals surface area (Å²) in [6.45, 7) is 9.33. The second kappa shape index (κ2) is 9.26. The van der Waals surface area contributed by atoms with Crippen LogP contribution in [0.3, 0.4) is 0 Å². The van der Waals surface area contributed by atoms with Gasteiger partial charge in [0, 0.05) is 58.4 Å². The molecule has 1 saturated carbocycles. The van der Waals surface area contributed by atoms with Crippen molar-refractivity contribution >= 4 is 11.8 Å². The number of rotatable bonds is 5. The average molecular weight is 399 g/mol. The highest BCUT2D eigenvalue weighted by atomic mass is 16.2. The molecule has 0 radical (unpaired) electrons. The van der Waals surface area contributed by atoms with E-state index in [-0.39, 0.29) is 11.8 Å². The van der Waals surface area contributed by atoms with Crippen molar-refractivity contribution in [2.75, 3.05) is 58.9 Å². The van der Waals surface area contributed by atoms with Crippen LogP contribution in [-0.4, -0.2) is 96.4 Å². The molecule has 158 valence electrons. The summed E-state index contributed by atoms with van der Waals surface area (Å²) in [5, 5.41) is 0. The summed E-state index contributed by atoms with van der Waals surface area (Å²) in [5.41, 5.74) is 2.28. The fourth-order valence-corrected chi connectivity index (χ4v) is 4.62. The molecule has 0 atom stereocenters. The first-order chi connectivity index (χ1) is 14.1. The summed E-state index contributed by atoms with van der Waals surface area (Å²) >= 11 is 0. The van der Waals surface area contributed by atoms with Crippen molar-refractivity contribution in [2.24, 2.45) is 0 Å². The average Bonchev–Trinajstić information content (AvgIpc) is 2.69. The number of carbonyl (C=O) groups excluding carboxylic acids is 2. The normalized spacial score (nSPS) is 21.8. The lowest BCUT2D eigenvalue weighted by Gasteiger charge is -2.43. The molecule has 0 N–H and O–H groups in total. The Morgan fingerprint density at radius 1 is 0.862 bits per heavy atom. The van der Waals surface area contributed by atoms with Crippen molar-refractivity contribution in [1.82, 2.24) is 19.6 Å². The smallest absolute Gasteiger partial charge is 0.236 e. The lowest BCUT2D eigenvalue weighted by molar-refractivity contribution is -0.136. The third-order valence-corrected chi connectivity index (χ3v) is 6.94. The van der Waals surface area contributed by atoms with E-state index < -0.39 is 0 Å². The topological polar surface area (TPSA) is 47.1 Å². The molecular weight excluding hydrogens is 364 g/mol. The van der Waals surface area contributed by atoms with E-state index in [1.165, 1.54) is 24.8 Å². The number of hydrogen-bond donors (Lipinski definition) is 0. The first-order valence-corrected chi connectivity index (χ1v) is 11.2. The molecule has 0 spiro atoms. The highest BCUT2D eigenvalue weighted by Crippen LogP contribution is 2.25. The molecule has 2 amide bonds. The molecule has 1 aromatic rings. The Morgan fingerprint density at radius 3 is 2.10 bits per heavy atom. The van der Waals surface area contributed by atoms with Gasteiger partial charge < -0.3 is 9.80 Å². The standard InChI is InChI=1S/C23H34N4O2/c1-19-5-2-3-6-20(19)17-22(28)26-11-9-24(10-12-26)18-23(29)27-15-13-25(14-16-27)21-7-4-8-21/h2-3,5-6,21H,4,7-18H2,1H3. The molecule has 1 aromatic carbocycles. The fraction of sp³-hybridized carbons (Fsp3) is 0.652. The summed E-state index contributed by atoms with van der Waals surface area (Å²) in [7, 11) is 0. The van der Waals surface area contributed by atoms with Gasteiger partial charge in [-0.25, -0.2) is 0 Å². The van der Waals surface area contributed by atoms with Crippen LogP contribution in [0, 0.1) is 6.92 Å². The van der Waals surface area contributed by atoms with Gasteiger partial charge in [-0.05, 0) is 30.9 Å². The highest BCUT2D eigenvalue weighted by molar-refractivity contribution is 5.80. The predicted octanol–water partition coefficient (Wildman–Crippen LogP) is 1.38. The molecule has 2 heterocycles. The van der Waals surface area contributed by atoms with E-state index in [2.05, 4.69) is 22.8 Å². The van der Waals surface area contributed by atoms with Gasteiger partial charge in [0.1, 0.15) is 0 Å². The molecule has 3 aliphatic rings. The van der Waals surface area contributed by atoms with Crippen molar-refractivity contribution in [2.45, 2.75) is 38.6 Å². The molecular formula is C23H34N4O2. The van der Waals surface area contributed by atoms with Crippen LogP contribution >= 0.6 is 0 Å². The van der Waals surface area contributed by atoms with Crippen LogP contribution in [0.5, 0.6) is 0 Å². The maximum Gasteiger partial charge on any atom is 0.236 e. The number of carbonyl (C=O) groups is 2. The van der Waals surface area contributed by atoms with E-state index in [0.29, 0.717) is 26.1 Å². The van der Waals surface area contributed by atoms with E-state index in [9.17, 15) is 9.59 Å². The Morgan fingerprint density at radius 2 is 1.48 bits per heavy atom. The van der Waals surface area contributed by atoms with E-state index in [1.807, 2.05) is 28.0 Å². The molecule has 6 heteroatoms. The van der Waals surface area contributed by atoms with Gasteiger partial charge in [0.25, 0.3) is 0 Å². The van der Waals surface area contributed by atoms with Gasteiger partial charge in [0.05, 0.1) is 13.0 Å². The summed E-state index contributed by atoms with van der Waals surface area (Å²) in [6, 6.07) is 8.86. The fourth-order valence-electron chi connectivity index (χ4n) is 4.62. The number of piperazine rings is 2. The Hall–Kier alpha value is -1.92. The molecule has 1 aliphatic carbocycles. The second-order valence-electron chi connectivity index (χ2n) is 8.76. The van der Waals surface area contributed by atoms with Crippen LogP contribution < -0.4 is 0 Å². The van der Waals surface area contributed by atoms with Gasteiger partial charge in [-0.1, -0.05) is 30.7 Å². The molecule has 2 saturated heterocycles. The van der Waals surface area contributed by atoms with Gasteiger partial charge in [-0.2, -0.15) is 0 Å². The zero-order valence-corrected chi connectivity index (χ0v) is 17.7. The van der Waals surface area contributed by atoms with Crippen LogP contribution in [0.1, 0.15) is 30.4 Å². The first-order valence-electron chi connectivity index (χ1n) is 11.2. The largest absolute Gasteiger partial charge is 0.340 e. The summed E-state index contributed by atoms with van der Waals surface area (Å²) < 4.78 is 0. The molecule has 29 heavy (non-hydrogen) atoms. The maximum atomic E-state index is 12.7. The van der Waals surface area contributed by atoms with Crippen molar-refractivity contribution in [3.8, 4) is 0 Å². The molecule has 0 unspecified atom stereocenters. The highest BCUT2D eigenvalue weighted by Gasteiger charge is 2.30. The van der Waals surface area contributed by atoms with Crippen LogP contribution in [-0.2, 0) is 16.0 Å². The molecule has 3 fully saturated rings. The molecule has 0 aromatic heterocycles. The summed E-state index contributed by atoms with van der Waals surface area (Å²) in [4.78, 5) is 34.1. The molecule has 2 aliphatic heterocycles. The monoisotopic (exact) mass is 398 g/mol. The van der Waals surface area contributed by atoms with Crippen molar-refractivity contribution in [3.63, 3.8) is 0 Å². The van der Waals surface area contributed by atoms with E-state index in [4.69, 9.17) is 0 Å². The predicted molar refractivity (Wildman–Crippen MR) is 114 cm³/mol. The van der Waals surface area contributed by atoms with Crippen LogP contribution in [0.4, 0.5) is 0 Å². The van der Waals surface area contributed by atoms with Gasteiger partial charge >= 0.3 is 0 Å². The lowest BCUT2D eigenvalue weighted by Crippen LogP contribution is -2.56. The van der Waals surface area contributed by atoms with E-state index >= 15 is 0 Å². The minimum Gasteiger partial charge on any atom is -0.340 e. The molecule has 6 nitrogen and oxygen atoms in total. The van der Waals surface area contributed by atoms with Crippen LogP contribution in [0.25, 0.3) is 0 Å². The minimum absolute atomic E-state index is 0.192. The Bertz CT molecular complexity index is 717. The summed E-state index contributed by atoms with van der Waals surface area (Å²) in [6.07, 6.45) is 4.50. The first kappa shape index (κ1) is 20.4. The quantitative estimate of drug-likeness (QED) is 0.752. The number of aryl methyl sites for hydroxylation is 1. The van der Waals surface area contributed by atoms with Gasteiger partial charge in [-0.15, -0.1) is 0 Å². The third-order valence-electron chi connectivity index (χ3n) is 6.94. The number of nitrogens with zero attached hydrogens (tertiary/aromatic N) is 4. The SMILES string of the molecule is Cc1ccccc1CC(=O)N1CCN(CC(=O)N2CCN(C3CCC3)CC2)CC1. The lowest BCUT2D eigenvalue weighted by atomic mass is 9.91. The van der Waals surface area contributed by atoms with Gasteiger partial charge in [0.15, 0.2) is 0 Å². The summed E-state index contributed by atoms with van der Waals surface area (Å²) in [5.74, 6) is 0.440. The molecule has 4 rings (SSSR count). The van der Waals surface area contributed by atoms with Gasteiger partial charge in [0.2, 0.25) is 11.8 Å². The van der Waals surface area contributed by atoms with Crippen molar-refractivity contribution in [3.05, 3.63) is 35.4 Å². The van der Waals surface area contributed by atoms with Gasteiger partial charge in [-0.3, -0.25) is 19.4 Å². The molecule has 0 bridgehead atoms. The van der Waals surface area contributed by atoms with E-state index in [0.717, 1.165) is 50.9 Å².